The van der Waals surface area contributed by atoms with E-state index in [0.29, 0.717) is 5.56 Å². The molecule has 158 valence electrons. The monoisotopic (exact) mass is 433 g/mol. The van der Waals surface area contributed by atoms with Crippen LogP contribution in [-0.4, -0.2) is 23.6 Å². The lowest BCUT2D eigenvalue weighted by molar-refractivity contribution is -0.118. The molecule has 0 saturated carbocycles. The van der Waals surface area contributed by atoms with E-state index in [1.54, 1.807) is 6.07 Å². The summed E-state index contributed by atoms with van der Waals surface area (Å²) >= 11 is 4.17. The van der Waals surface area contributed by atoms with E-state index < -0.39 is 29.5 Å². The van der Waals surface area contributed by atoms with Crippen molar-refractivity contribution in [3.05, 3.63) is 70.3 Å². The van der Waals surface area contributed by atoms with Gasteiger partial charge in [-0.05, 0) is 42.8 Å². The van der Waals surface area contributed by atoms with Gasteiger partial charge in [0.15, 0.2) is 0 Å². The molecule has 0 spiro atoms. The molecule has 0 unspecified atom stereocenters. The van der Waals surface area contributed by atoms with Crippen LogP contribution in [0.4, 0.5) is 20.2 Å². The Bertz CT molecular complexity index is 1030. The van der Waals surface area contributed by atoms with Gasteiger partial charge in [0.2, 0.25) is 5.91 Å². The van der Waals surface area contributed by atoms with E-state index in [1.807, 2.05) is 0 Å². The predicted octanol–water partition coefficient (Wildman–Crippen LogP) is 2.79. The van der Waals surface area contributed by atoms with Crippen LogP contribution in [0.5, 0.6) is 0 Å². The summed E-state index contributed by atoms with van der Waals surface area (Å²) < 4.78 is 28.0. The Morgan fingerprint density at radius 3 is 2.47 bits per heavy atom. The third-order valence-corrected chi connectivity index (χ3v) is 4.23. The second-order valence-electron chi connectivity index (χ2n) is 6.51. The van der Waals surface area contributed by atoms with Gasteiger partial charge in [-0.2, -0.15) is 0 Å². The molecule has 7 nitrogen and oxygen atoms in total. The average molecular weight is 433 g/mol. The lowest BCUT2D eigenvalue weighted by Gasteiger charge is -2.19. The number of rotatable bonds is 9. The van der Waals surface area contributed by atoms with Crippen LogP contribution < -0.4 is 22.1 Å². The van der Waals surface area contributed by atoms with Crippen LogP contribution in [0.2, 0.25) is 0 Å². The minimum Gasteiger partial charge on any atom is -0.371 e. The Labute approximate surface area is 177 Å². The van der Waals surface area contributed by atoms with Crippen LogP contribution in [0, 0.1) is 17.0 Å². The summed E-state index contributed by atoms with van der Waals surface area (Å²) in [6, 6.07) is 6.69. The topological polar surface area (TPSA) is 134 Å². The van der Waals surface area contributed by atoms with Crippen molar-refractivity contribution in [3.8, 4) is 0 Å². The van der Waals surface area contributed by atoms with Gasteiger partial charge in [-0.3, -0.25) is 9.59 Å². The summed E-state index contributed by atoms with van der Waals surface area (Å²) in [4.78, 5) is 23.6. The summed E-state index contributed by atoms with van der Waals surface area (Å²) in [5.41, 5.74) is 11.2. The van der Waals surface area contributed by atoms with E-state index >= 15 is 0 Å². The number of primary amides is 2. The first-order valence-electron chi connectivity index (χ1n) is 8.73. The van der Waals surface area contributed by atoms with Crippen LogP contribution in [-0.2, 0) is 11.2 Å². The molecule has 10 heteroatoms. The van der Waals surface area contributed by atoms with E-state index in [9.17, 15) is 18.4 Å². The highest BCUT2D eigenvalue weighted by atomic mass is 32.1. The van der Waals surface area contributed by atoms with Gasteiger partial charge in [-0.25, -0.2) is 8.78 Å². The highest BCUT2D eigenvalue weighted by Crippen LogP contribution is 2.27. The molecule has 0 saturated heterocycles. The highest BCUT2D eigenvalue weighted by molar-refractivity contribution is 7.84. The SMILES string of the molecule is CC(=N)/C=C(\S)Nc1cc(N[C@H](Cc2cccc(F)c2)C(N)=O)c(F)cc1C(N)=O. The zero-order valence-electron chi connectivity index (χ0n) is 16.0. The Balaban J connectivity index is 2.38. The first kappa shape index (κ1) is 22.9. The number of halogens is 2. The highest BCUT2D eigenvalue weighted by Gasteiger charge is 2.20. The molecule has 7 N–H and O–H groups in total. The quantitative estimate of drug-likeness (QED) is 0.268. The standard InChI is InChI=1S/C20H21F2N5O2S/c1-10(23)5-18(30)27-15-9-16(14(22)8-13(15)19(24)28)26-17(20(25)29)7-11-3-2-4-12(21)6-11/h2-6,8-9,17,23,26-27,30H,7H2,1H3,(H2,24,28)(H2,25,29)/b18-5-,23-10?/t17-/m1/s1. The number of nitrogens with one attached hydrogen (secondary N) is 3. The molecule has 0 bridgehead atoms. The molecule has 0 heterocycles. The van der Waals surface area contributed by atoms with Crippen molar-refractivity contribution in [2.75, 3.05) is 10.6 Å². The normalized spacial score (nSPS) is 12.2. The first-order chi connectivity index (χ1) is 14.1. The van der Waals surface area contributed by atoms with E-state index in [2.05, 4.69) is 23.3 Å². The fourth-order valence-electron chi connectivity index (χ4n) is 2.68. The van der Waals surface area contributed by atoms with Crippen molar-refractivity contribution < 1.29 is 18.4 Å². The fourth-order valence-corrected chi connectivity index (χ4v) is 2.99. The zero-order chi connectivity index (χ0) is 22.4. The number of thiol groups is 1. The third kappa shape index (κ3) is 6.31. The van der Waals surface area contributed by atoms with Gasteiger partial charge in [0.05, 0.1) is 22.0 Å². The minimum atomic E-state index is -1.05. The Morgan fingerprint density at radius 2 is 1.90 bits per heavy atom. The smallest absolute Gasteiger partial charge is 0.250 e. The van der Waals surface area contributed by atoms with Gasteiger partial charge in [-0.15, -0.1) is 12.6 Å². The maximum atomic E-state index is 14.6. The number of carbonyl (C=O) groups excluding carboxylic acids is 2. The summed E-state index contributed by atoms with van der Waals surface area (Å²) in [5, 5.41) is 13.1. The largest absolute Gasteiger partial charge is 0.371 e. The molecular formula is C20H21F2N5O2S. The summed E-state index contributed by atoms with van der Waals surface area (Å²) in [6.07, 6.45) is 1.39. The average Bonchev–Trinajstić information content (AvgIpc) is 2.62. The number of amides is 2. The van der Waals surface area contributed by atoms with Crippen LogP contribution in [0.15, 0.2) is 47.5 Å². The molecule has 0 aromatic heterocycles. The molecule has 2 aromatic carbocycles. The number of anilines is 2. The van der Waals surface area contributed by atoms with Gasteiger partial charge >= 0.3 is 0 Å². The second kappa shape index (κ2) is 9.88. The molecular weight excluding hydrogens is 412 g/mol. The van der Waals surface area contributed by atoms with Crippen molar-refractivity contribution in [2.45, 2.75) is 19.4 Å². The summed E-state index contributed by atoms with van der Waals surface area (Å²) in [6.45, 7) is 1.52. The molecule has 2 rings (SSSR count). The molecule has 0 radical (unpaired) electrons. The van der Waals surface area contributed by atoms with Crippen LogP contribution in [0.25, 0.3) is 0 Å². The minimum absolute atomic E-state index is 0.0115. The van der Waals surface area contributed by atoms with Crippen LogP contribution >= 0.6 is 12.6 Å². The number of hydrogen-bond donors (Lipinski definition) is 6. The summed E-state index contributed by atoms with van der Waals surface area (Å²) in [7, 11) is 0. The van der Waals surface area contributed by atoms with E-state index in [0.717, 1.165) is 6.07 Å². The zero-order valence-corrected chi connectivity index (χ0v) is 16.9. The number of nitrogens with two attached hydrogens (primary N) is 2. The van der Waals surface area contributed by atoms with E-state index in [4.69, 9.17) is 16.9 Å². The number of carbonyl (C=O) groups is 2. The molecule has 0 aliphatic rings. The molecule has 1 atom stereocenters. The summed E-state index contributed by atoms with van der Waals surface area (Å²) in [5.74, 6) is -2.98. The Kier molecular flexibility index (Phi) is 7.54. The number of hydrogen-bond acceptors (Lipinski definition) is 6. The maximum absolute atomic E-state index is 14.6. The molecule has 0 fully saturated rings. The van der Waals surface area contributed by atoms with Gasteiger partial charge in [0.25, 0.3) is 5.91 Å². The van der Waals surface area contributed by atoms with E-state index in [1.165, 1.54) is 37.3 Å². The van der Waals surface area contributed by atoms with Gasteiger partial charge in [0, 0.05) is 12.1 Å². The first-order valence-corrected chi connectivity index (χ1v) is 9.18. The van der Waals surface area contributed by atoms with E-state index in [-0.39, 0.29) is 34.1 Å². The Hall–Kier alpha value is -3.40. The molecule has 0 aliphatic heterocycles. The Morgan fingerprint density at radius 1 is 1.20 bits per heavy atom. The van der Waals surface area contributed by atoms with Crippen molar-refractivity contribution >= 4 is 41.5 Å². The predicted molar refractivity (Wildman–Crippen MR) is 116 cm³/mol. The molecule has 0 aliphatic carbocycles. The number of benzene rings is 2. The number of allylic oxidation sites excluding steroid dienone is 1. The lowest BCUT2D eigenvalue weighted by atomic mass is 10.0. The van der Waals surface area contributed by atoms with Gasteiger partial charge in [-0.1, -0.05) is 12.1 Å². The molecule has 2 aromatic rings. The van der Waals surface area contributed by atoms with Crippen molar-refractivity contribution in [1.82, 2.24) is 0 Å². The van der Waals surface area contributed by atoms with Crippen molar-refractivity contribution in [1.29, 1.82) is 5.41 Å². The third-order valence-electron chi connectivity index (χ3n) is 3.99. The van der Waals surface area contributed by atoms with Crippen LogP contribution in [0.1, 0.15) is 22.8 Å². The molecule has 2 amide bonds. The van der Waals surface area contributed by atoms with Gasteiger partial charge in [0.1, 0.15) is 17.7 Å². The van der Waals surface area contributed by atoms with Crippen molar-refractivity contribution in [3.63, 3.8) is 0 Å². The second-order valence-corrected chi connectivity index (χ2v) is 6.99. The van der Waals surface area contributed by atoms with Crippen molar-refractivity contribution in [2.24, 2.45) is 11.5 Å². The molecule has 30 heavy (non-hydrogen) atoms. The maximum Gasteiger partial charge on any atom is 0.250 e. The fraction of sp³-hybridized carbons (Fsp3) is 0.150. The lowest BCUT2D eigenvalue weighted by Crippen LogP contribution is -2.37. The van der Waals surface area contributed by atoms with Crippen LogP contribution in [0.3, 0.4) is 0 Å². The van der Waals surface area contributed by atoms with Gasteiger partial charge < -0.3 is 27.5 Å².